The molecule has 0 saturated carbocycles. The van der Waals surface area contributed by atoms with Crippen LogP contribution in [0.4, 0.5) is 0 Å². The van der Waals surface area contributed by atoms with Crippen molar-refractivity contribution >= 4 is 31.9 Å². The maximum atomic E-state index is 9.33. The second-order valence-corrected chi connectivity index (χ2v) is 5.96. The monoisotopic (exact) mass is 385 g/mol. The Labute approximate surface area is 128 Å². The van der Waals surface area contributed by atoms with E-state index in [1.807, 2.05) is 26.0 Å². The van der Waals surface area contributed by atoms with Crippen LogP contribution in [-0.2, 0) is 6.61 Å². The molecule has 0 radical (unpaired) electrons. The predicted molar refractivity (Wildman–Crippen MR) is 81.5 cm³/mol. The van der Waals surface area contributed by atoms with Gasteiger partial charge in [0.15, 0.2) is 0 Å². The van der Waals surface area contributed by atoms with E-state index in [4.69, 9.17) is 4.74 Å². The normalized spacial score (nSPS) is 10.6. The van der Waals surface area contributed by atoms with E-state index in [2.05, 4.69) is 36.8 Å². The molecule has 0 atom stereocenters. The number of aliphatic hydroxyl groups excluding tert-OH is 1. The molecule has 0 saturated heterocycles. The first-order valence-corrected chi connectivity index (χ1v) is 7.29. The van der Waals surface area contributed by atoms with Crippen LogP contribution < -0.4 is 4.74 Å². The Balaban J connectivity index is 2.36. The maximum Gasteiger partial charge on any atom is 0.224 e. The fourth-order valence-corrected chi connectivity index (χ4v) is 2.36. The molecule has 0 amide bonds. The van der Waals surface area contributed by atoms with E-state index in [0.29, 0.717) is 17.2 Å². The molecule has 1 aromatic carbocycles. The number of hydrogen-bond donors (Lipinski definition) is 1. The SMILES string of the molecule is Cc1cc(Oc2ncc(Br)cc2CO)cc(C)c1Br. The lowest BCUT2D eigenvalue weighted by atomic mass is 10.1. The molecule has 1 aromatic heterocycles. The van der Waals surface area contributed by atoms with Crippen molar-refractivity contribution in [1.29, 1.82) is 0 Å². The van der Waals surface area contributed by atoms with Crippen LogP contribution in [0.25, 0.3) is 0 Å². The van der Waals surface area contributed by atoms with E-state index < -0.39 is 0 Å². The lowest BCUT2D eigenvalue weighted by molar-refractivity contribution is 0.275. The van der Waals surface area contributed by atoms with Crippen LogP contribution in [0.3, 0.4) is 0 Å². The molecular formula is C14H13Br2NO2. The number of aromatic nitrogens is 1. The van der Waals surface area contributed by atoms with Crippen molar-refractivity contribution in [3.63, 3.8) is 0 Å². The topological polar surface area (TPSA) is 42.4 Å². The molecule has 0 fully saturated rings. The van der Waals surface area contributed by atoms with Gasteiger partial charge < -0.3 is 9.84 Å². The van der Waals surface area contributed by atoms with Crippen molar-refractivity contribution < 1.29 is 9.84 Å². The number of aryl methyl sites for hydroxylation is 2. The van der Waals surface area contributed by atoms with Gasteiger partial charge in [-0.25, -0.2) is 4.98 Å². The molecule has 1 heterocycles. The summed E-state index contributed by atoms with van der Waals surface area (Å²) in [4.78, 5) is 4.19. The molecule has 1 N–H and O–H groups in total. The second-order valence-electron chi connectivity index (χ2n) is 4.25. The Morgan fingerprint density at radius 2 is 1.79 bits per heavy atom. The zero-order chi connectivity index (χ0) is 14.0. The van der Waals surface area contributed by atoms with Gasteiger partial charge in [0.1, 0.15) is 5.75 Å². The van der Waals surface area contributed by atoms with Crippen LogP contribution in [0.15, 0.2) is 33.3 Å². The minimum absolute atomic E-state index is 0.115. The largest absolute Gasteiger partial charge is 0.439 e. The zero-order valence-electron chi connectivity index (χ0n) is 10.6. The number of halogens is 2. The summed E-state index contributed by atoms with van der Waals surface area (Å²) in [6, 6.07) is 5.66. The molecule has 5 heteroatoms. The van der Waals surface area contributed by atoms with Gasteiger partial charge in [0.05, 0.1) is 6.61 Å². The number of hydrogen-bond acceptors (Lipinski definition) is 3. The van der Waals surface area contributed by atoms with Crippen molar-refractivity contribution in [2.75, 3.05) is 0 Å². The minimum atomic E-state index is -0.115. The van der Waals surface area contributed by atoms with E-state index in [0.717, 1.165) is 20.1 Å². The summed E-state index contributed by atoms with van der Waals surface area (Å²) >= 11 is 6.84. The van der Waals surface area contributed by atoms with Gasteiger partial charge in [0, 0.05) is 20.7 Å². The molecule has 0 unspecified atom stereocenters. The fraction of sp³-hybridized carbons (Fsp3) is 0.214. The predicted octanol–water partition coefficient (Wildman–Crippen LogP) is 4.51. The van der Waals surface area contributed by atoms with Gasteiger partial charge in [-0.3, -0.25) is 0 Å². The van der Waals surface area contributed by atoms with Crippen molar-refractivity contribution in [1.82, 2.24) is 4.98 Å². The number of ether oxygens (including phenoxy) is 1. The van der Waals surface area contributed by atoms with E-state index in [1.165, 1.54) is 0 Å². The summed E-state index contributed by atoms with van der Waals surface area (Å²) in [5, 5.41) is 9.33. The summed E-state index contributed by atoms with van der Waals surface area (Å²) in [5.41, 5.74) is 2.84. The van der Waals surface area contributed by atoms with E-state index in [1.54, 1.807) is 12.3 Å². The first-order chi connectivity index (χ1) is 9.01. The number of rotatable bonds is 3. The van der Waals surface area contributed by atoms with Gasteiger partial charge in [-0.15, -0.1) is 0 Å². The maximum absolute atomic E-state index is 9.33. The van der Waals surface area contributed by atoms with Crippen LogP contribution in [-0.4, -0.2) is 10.1 Å². The van der Waals surface area contributed by atoms with Crippen LogP contribution in [0.1, 0.15) is 16.7 Å². The molecule has 100 valence electrons. The number of aliphatic hydroxyl groups is 1. The third kappa shape index (κ3) is 3.35. The minimum Gasteiger partial charge on any atom is -0.439 e. The highest BCUT2D eigenvalue weighted by Crippen LogP contribution is 2.30. The summed E-state index contributed by atoms with van der Waals surface area (Å²) < 4.78 is 7.65. The molecule has 0 aliphatic rings. The van der Waals surface area contributed by atoms with E-state index in [9.17, 15) is 5.11 Å². The number of benzene rings is 1. The highest BCUT2D eigenvalue weighted by molar-refractivity contribution is 9.10. The summed E-state index contributed by atoms with van der Waals surface area (Å²) in [7, 11) is 0. The Bertz CT molecular complexity index is 591. The van der Waals surface area contributed by atoms with Gasteiger partial charge in [0.2, 0.25) is 5.88 Å². The van der Waals surface area contributed by atoms with Gasteiger partial charge in [-0.1, -0.05) is 15.9 Å². The number of nitrogens with zero attached hydrogens (tertiary/aromatic N) is 1. The average molecular weight is 387 g/mol. The Hall–Kier alpha value is -0.910. The summed E-state index contributed by atoms with van der Waals surface area (Å²) in [6.07, 6.45) is 1.65. The molecule has 0 bridgehead atoms. The quantitative estimate of drug-likeness (QED) is 0.843. The average Bonchev–Trinajstić information content (AvgIpc) is 2.38. The Morgan fingerprint density at radius 3 is 2.37 bits per heavy atom. The molecule has 0 aliphatic heterocycles. The second kappa shape index (κ2) is 6.03. The molecule has 3 nitrogen and oxygen atoms in total. The standard InChI is InChI=1S/C14H13Br2NO2/c1-8-3-12(4-9(2)13(8)16)19-14-10(7-18)5-11(15)6-17-14/h3-6,18H,7H2,1-2H3. The lowest BCUT2D eigenvalue weighted by Gasteiger charge is -2.11. The zero-order valence-corrected chi connectivity index (χ0v) is 13.7. The molecule has 0 spiro atoms. The first kappa shape index (κ1) is 14.5. The van der Waals surface area contributed by atoms with Crippen molar-refractivity contribution in [3.8, 4) is 11.6 Å². The smallest absolute Gasteiger partial charge is 0.224 e. The molecular weight excluding hydrogens is 374 g/mol. The van der Waals surface area contributed by atoms with Crippen molar-refractivity contribution in [2.45, 2.75) is 20.5 Å². The van der Waals surface area contributed by atoms with Gasteiger partial charge in [-0.2, -0.15) is 0 Å². The lowest BCUT2D eigenvalue weighted by Crippen LogP contribution is -1.96. The molecule has 0 aliphatic carbocycles. The fourth-order valence-electron chi connectivity index (χ4n) is 1.75. The third-order valence-electron chi connectivity index (χ3n) is 2.69. The van der Waals surface area contributed by atoms with Gasteiger partial charge in [0.25, 0.3) is 0 Å². The molecule has 19 heavy (non-hydrogen) atoms. The van der Waals surface area contributed by atoms with E-state index >= 15 is 0 Å². The van der Waals surface area contributed by atoms with Crippen LogP contribution in [0, 0.1) is 13.8 Å². The van der Waals surface area contributed by atoms with Crippen molar-refractivity contribution in [2.24, 2.45) is 0 Å². The highest BCUT2D eigenvalue weighted by Gasteiger charge is 2.09. The Kier molecular flexibility index (Phi) is 4.60. The van der Waals surface area contributed by atoms with Gasteiger partial charge >= 0.3 is 0 Å². The summed E-state index contributed by atoms with van der Waals surface area (Å²) in [5.74, 6) is 1.13. The third-order valence-corrected chi connectivity index (χ3v) is 4.37. The van der Waals surface area contributed by atoms with Crippen LogP contribution in [0.2, 0.25) is 0 Å². The van der Waals surface area contributed by atoms with Crippen molar-refractivity contribution in [3.05, 3.63) is 50.0 Å². The first-order valence-electron chi connectivity index (χ1n) is 5.71. The van der Waals surface area contributed by atoms with Crippen LogP contribution in [0.5, 0.6) is 11.6 Å². The number of pyridine rings is 1. The van der Waals surface area contributed by atoms with E-state index in [-0.39, 0.29) is 6.61 Å². The summed E-state index contributed by atoms with van der Waals surface area (Å²) in [6.45, 7) is 3.90. The van der Waals surface area contributed by atoms with Crippen LogP contribution >= 0.6 is 31.9 Å². The Morgan fingerprint density at radius 1 is 1.16 bits per heavy atom. The highest BCUT2D eigenvalue weighted by atomic mass is 79.9. The molecule has 2 rings (SSSR count). The van der Waals surface area contributed by atoms with Gasteiger partial charge in [-0.05, 0) is 59.1 Å². The molecule has 2 aromatic rings.